The molecule has 18 heavy (non-hydrogen) atoms. The number of nitrogens with one attached hydrogen (secondary N) is 1. The molecular formula is C15H23FN2. The molecule has 3 heteroatoms. The number of hydrogen-bond acceptors (Lipinski definition) is 2. The molecule has 0 bridgehead atoms. The lowest BCUT2D eigenvalue weighted by atomic mass is 10.0. The van der Waals surface area contributed by atoms with E-state index in [9.17, 15) is 4.39 Å². The minimum absolute atomic E-state index is 0.100. The quantitative estimate of drug-likeness (QED) is 0.883. The predicted octanol–water partition coefficient (Wildman–Crippen LogP) is 3.10. The second-order valence-corrected chi connectivity index (χ2v) is 5.19. The molecule has 1 aromatic rings. The van der Waals surface area contributed by atoms with Crippen LogP contribution in [0.4, 0.5) is 10.1 Å². The second-order valence-electron chi connectivity index (χ2n) is 5.19. The van der Waals surface area contributed by atoms with E-state index < -0.39 is 0 Å². The number of anilines is 1. The fraction of sp³-hybridized carbons (Fsp3) is 0.600. The average Bonchev–Trinajstić information content (AvgIpc) is 2.39. The van der Waals surface area contributed by atoms with E-state index in [2.05, 4.69) is 17.1 Å². The van der Waals surface area contributed by atoms with Crippen molar-refractivity contribution in [3.8, 4) is 0 Å². The molecular weight excluding hydrogens is 227 g/mol. The molecule has 1 aromatic carbocycles. The molecule has 1 aliphatic rings. The molecule has 1 saturated heterocycles. The number of benzene rings is 1. The summed E-state index contributed by atoms with van der Waals surface area (Å²) in [6.07, 6.45) is 3.48. The van der Waals surface area contributed by atoms with Gasteiger partial charge in [-0.1, -0.05) is 13.0 Å². The topological polar surface area (TPSA) is 15.3 Å². The molecule has 0 amide bonds. The van der Waals surface area contributed by atoms with Gasteiger partial charge in [-0.3, -0.25) is 0 Å². The van der Waals surface area contributed by atoms with Crippen molar-refractivity contribution < 1.29 is 4.39 Å². The van der Waals surface area contributed by atoms with Crippen LogP contribution in [0.25, 0.3) is 0 Å². The number of aryl methyl sites for hydroxylation is 1. The smallest absolute Gasteiger partial charge is 0.146 e. The Kier molecular flexibility index (Phi) is 4.59. The summed E-state index contributed by atoms with van der Waals surface area (Å²) in [5, 5.41) is 3.54. The van der Waals surface area contributed by atoms with E-state index >= 15 is 0 Å². The third kappa shape index (κ3) is 3.22. The molecule has 2 nitrogen and oxygen atoms in total. The van der Waals surface area contributed by atoms with Gasteiger partial charge < -0.3 is 10.2 Å². The number of nitrogens with zero attached hydrogens (tertiary/aromatic N) is 1. The number of halogens is 1. The van der Waals surface area contributed by atoms with Gasteiger partial charge in [-0.2, -0.15) is 0 Å². The van der Waals surface area contributed by atoms with Gasteiger partial charge in [0.05, 0.1) is 5.69 Å². The van der Waals surface area contributed by atoms with Crippen LogP contribution in [-0.4, -0.2) is 25.7 Å². The molecule has 1 fully saturated rings. The highest BCUT2D eigenvalue weighted by atomic mass is 19.1. The first kappa shape index (κ1) is 13.3. The molecule has 1 aliphatic heterocycles. The predicted molar refractivity (Wildman–Crippen MR) is 74.7 cm³/mol. The van der Waals surface area contributed by atoms with Gasteiger partial charge in [-0.25, -0.2) is 4.39 Å². The van der Waals surface area contributed by atoms with Crippen LogP contribution in [0, 0.1) is 12.7 Å². The number of rotatable bonds is 4. The molecule has 0 aliphatic carbocycles. The zero-order valence-electron chi connectivity index (χ0n) is 11.4. The van der Waals surface area contributed by atoms with Gasteiger partial charge in [0.25, 0.3) is 0 Å². The van der Waals surface area contributed by atoms with Crippen LogP contribution < -0.4 is 10.2 Å². The Morgan fingerprint density at radius 3 is 3.06 bits per heavy atom. The third-order valence-corrected chi connectivity index (χ3v) is 3.55. The summed E-state index contributed by atoms with van der Waals surface area (Å²) in [4.78, 5) is 2.18. The van der Waals surface area contributed by atoms with E-state index in [0.29, 0.717) is 6.04 Å². The fourth-order valence-electron chi connectivity index (χ4n) is 2.58. The molecule has 1 unspecified atom stereocenters. The largest absolute Gasteiger partial charge is 0.368 e. The molecule has 0 saturated carbocycles. The van der Waals surface area contributed by atoms with E-state index in [-0.39, 0.29) is 5.82 Å². The van der Waals surface area contributed by atoms with E-state index in [4.69, 9.17) is 0 Å². The van der Waals surface area contributed by atoms with Crippen molar-refractivity contribution in [2.24, 2.45) is 0 Å². The van der Waals surface area contributed by atoms with Crippen LogP contribution in [0.15, 0.2) is 18.2 Å². The Balaban J connectivity index is 2.05. The van der Waals surface area contributed by atoms with Crippen molar-refractivity contribution >= 4 is 5.69 Å². The summed E-state index contributed by atoms with van der Waals surface area (Å²) in [5.41, 5.74) is 1.88. The molecule has 0 aromatic heterocycles. The maximum atomic E-state index is 13.9. The van der Waals surface area contributed by atoms with Gasteiger partial charge in [0.2, 0.25) is 0 Å². The van der Waals surface area contributed by atoms with Crippen molar-refractivity contribution in [1.82, 2.24) is 5.32 Å². The van der Waals surface area contributed by atoms with Gasteiger partial charge in [0.1, 0.15) is 5.82 Å². The van der Waals surface area contributed by atoms with E-state index in [1.165, 1.54) is 6.42 Å². The minimum Gasteiger partial charge on any atom is -0.368 e. The van der Waals surface area contributed by atoms with Gasteiger partial charge in [0, 0.05) is 19.1 Å². The Bertz CT molecular complexity index is 392. The highest BCUT2D eigenvalue weighted by Gasteiger charge is 2.21. The van der Waals surface area contributed by atoms with E-state index in [1.54, 1.807) is 6.07 Å². The summed E-state index contributed by atoms with van der Waals surface area (Å²) < 4.78 is 13.9. The maximum Gasteiger partial charge on any atom is 0.146 e. The Morgan fingerprint density at radius 2 is 2.28 bits per heavy atom. The molecule has 0 spiro atoms. The Labute approximate surface area is 109 Å². The van der Waals surface area contributed by atoms with Crippen molar-refractivity contribution in [3.63, 3.8) is 0 Å². The SMILES string of the molecule is CCCNC1CCCN(c2cc(C)ccc2F)C1. The first-order valence-electron chi connectivity index (χ1n) is 6.95. The first-order valence-corrected chi connectivity index (χ1v) is 6.95. The lowest BCUT2D eigenvalue weighted by molar-refractivity contribution is 0.420. The zero-order valence-corrected chi connectivity index (χ0v) is 11.4. The van der Waals surface area contributed by atoms with Crippen LogP contribution in [0.5, 0.6) is 0 Å². The Hall–Kier alpha value is -1.09. The molecule has 1 heterocycles. The lowest BCUT2D eigenvalue weighted by Crippen LogP contribution is -2.46. The maximum absolute atomic E-state index is 13.9. The summed E-state index contributed by atoms with van der Waals surface area (Å²) in [6.45, 7) is 7.12. The minimum atomic E-state index is -0.100. The van der Waals surface area contributed by atoms with Gasteiger partial charge in [0.15, 0.2) is 0 Å². The second kappa shape index (κ2) is 6.19. The first-order chi connectivity index (χ1) is 8.70. The molecule has 0 radical (unpaired) electrons. The molecule has 1 N–H and O–H groups in total. The standard InChI is InChI=1S/C15H23FN2/c1-3-8-17-13-5-4-9-18(11-13)15-10-12(2)6-7-14(15)16/h6-7,10,13,17H,3-5,8-9,11H2,1-2H3. The average molecular weight is 250 g/mol. The number of piperidine rings is 1. The summed E-state index contributed by atoms with van der Waals surface area (Å²) in [7, 11) is 0. The van der Waals surface area contributed by atoms with Gasteiger partial charge in [-0.15, -0.1) is 0 Å². The third-order valence-electron chi connectivity index (χ3n) is 3.55. The van der Waals surface area contributed by atoms with Crippen molar-refractivity contribution in [2.45, 2.75) is 39.2 Å². The molecule has 1 atom stereocenters. The molecule has 100 valence electrons. The normalized spacial score (nSPS) is 20.2. The van der Waals surface area contributed by atoms with Crippen LogP contribution in [0.2, 0.25) is 0 Å². The van der Waals surface area contributed by atoms with E-state index in [0.717, 1.165) is 43.7 Å². The summed E-state index contributed by atoms with van der Waals surface area (Å²) in [6, 6.07) is 5.86. The molecule has 2 rings (SSSR count). The monoisotopic (exact) mass is 250 g/mol. The number of hydrogen-bond donors (Lipinski definition) is 1. The van der Waals surface area contributed by atoms with Crippen molar-refractivity contribution in [3.05, 3.63) is 29.6 Å². The lowest BCUT2D eigenvalue weighted by Gasteiger charge is -2.35. The zero-order chi connectivity index (χ0) is 13.0. The van der Waals surface area contributed by atoms with E-state index in [1.807, 2.05) is 19.1 Å². The fourth-order valence-corrected chi connectivity index (χ4v) is 2.58. The summed E-state index contributed by atoms with van der Waals surface area (Å²) >= 11 is 0. The van der Waals surface area contributed by atoms with Crippen LogP contribution in [0.3, 0.4) is 0 Å². The summed E-state index contributed by atoms with van der Waals surface area (Å²) in [5.74, 6) is -0.100. The van der Waals surface area contributed by atoms with Crippen molar-refractivity contribution in [2.75, 3.05) is 24.5 Å². The van der Waals surface area contributed by atoms with Crippen molar-refractivity contribution in [1.29, 1.82) is 0 Å². The van der Waals surface area contributed by atoms with Crippen LogP contribution in [-0.2, 0) is 0 Å². The Morgan fingerprint density at radius 1 is 1.44 bits per heavy atom. The highest BCUT2D eigenvalue weighted by Crippen LogP contribution is 2.24. The van der Waals surface area contributed by atoms with Crippen LogP contribution in [0.1, 0.15) is 31.7 Å². The highest BCUT2D eigenvalue weighted by molar-refractivity contribution is 5.50. The van der Waals surface area contributed by atoms with Crippen LogP contribution >= 0.6 is 0 Å². The van der Waals surface area contributed by atoms with Gasteiger partial charge >= 0.3 is 0 Å². The van der Waals surface area contributed by atoms with Gasteiger partial charge in [-0.05, 0) is 50.4 Å².